The van der Waals surface area contributed by atoms with E-state index in [0.717, 1.165) is 0 Å². The van der Waals surface area contributed by atoms with Crippen LogP contribution in [0.25, 0.3) is 0 Å². The molecule has 0 aliphatic carbocycles. The molecule has 0 radical (unpaired) electrons. The van der Waals surface area contributed by atoms with Crippen molar-refractivity contribution in [3.05, 3.63) is 12.2 Å². The summed E-state index contributed by atoms with van der Waals surface area (Å²) < 4.78 is 4.77. The average molecular weight is 214 g/mol. The predicted octanol–water partition coefficient (Wildman–Crippen LogP) is -0.169. The smallest absolute Gasteiger partial charge is 0.243 e. The van der Waals surface area contributed by atoms with Crippen molar-refractivity contribution in [1.82, 2.24) is 10.6 Å². The third-order valence-electron chi connectivity index (χ3n) is 1.60. The lowest BCUT2D eigenvalue weighted by Gasteiger charge is -2.04. The third kappa shape index (κ3) is 8.96. The molecular weight excluding hydrogens is 196 g/mol. The largest absolute Gasteiger partial charge is 0.383 e. The summed E-state index contributed by atoms with van der Waals surface area (Å²) in [6, 6.07) is 0. The summed E-state index contributed by atoms with van der Waals surface area (Å²) in [5, 5.41) is 5.24. The molecule has 5 nitrogen and oxygen atoms in total. The summed E-state index contributed by atoms with van der Waals surface area (Å²) in [5.74, 6) is -0.269. The molecule has 2 N–H and O–H groups in total. The number of rotatable bonds is 7. The van der Waals surface area contributed by atoms with Crippen LogP contribution in [0.4, 0.5) is 0 Å². The second-order valence-corrected chi connectivity index (χ2v) is 2.88. The molecule has 0 aromatic rings. The Labute approximate surface area is 89.9 Å². The van der Waals surface area contributed by atoms with E-state index in [0.29, 0.717) is 19.7 Å². The van der Waals surface area contributed by atoms with Crippen LogP contribution in [0.15, 0.2) is 12.2 Å². The molecular formula is C10H18N2O3. The number of ether oxygens (including phenoxy) is 1. The van der Waals surface area contributed by atoms with Crippen molar-refractivity contribution in [3.63, 3.8) is 0 Å². The average Bonchev–Trinajstić information content (AvgIpc) is 2.18. The lowest BCUT2D eigenvalue weighted by molar-refractivity contribution is -0.121. The van der Waals surface area contributed by atoms with Crippen LogP contribution in [0.2, 0.25) is 0 Å². The van der Waals surface area contributed by atoms with Crippen LogP contribution < -0.4 is 10.6 Å². The highest BCUT2D eigenvalue weighted by atomic mass is 16.5. The SMILES string of the molecule is C/C=C/C(=O)NCCC(=O)NCCOC. The Balaban J connectivity index is 3.42. The highest BCUT2D eigenvalue weighted by molar-refractivity contribution is 5.87. The van der Waals surface area contributed by atoms with Crippen LogP contribution >= 0.6 is 0 Å². The Morgan fingerprint density at radius 2 is 2.00 bits per heavy atom. The zero-order chi connectivity index (χ0) is 11.5. The molecule has 0 bridgehead atoms. The van der Waals surface area contributed by atoms with E-state index in [2.05, 4.69) is 10.6 Å². The van der Waals surface area contributed by atoms with E-state index in [4.69, 9.17) is 4.74 Å². The molecule has 0 saturated carbocycles. The van der Waals surface area contributed by atoms with Gasteiger partial charge < -0.3 is 15.4 Å². The molecule has 5 heteroatoms. The number of methoxy groups -OCH3 is 1. The van der Waals surface area contributed by atoms with Gasteiger partial charge in [-0.2, -0.15) is 0 Å². The van der Waals surface area contributed by atoms with Gasteiger partial charge in [0.05, 0.1) is 6.61 Å². The van der Waals surface area contributed by atoms with Crippen LogP contribution in [0.1, 0.15) is 13.3 Å². The lowest BCUT2D eigenvalue weighted by atomic mass is 10.4. The van der Waals surface area contributed by atoms with E-state index in [1.807, 2.05) is 0 Å². The molecule has 0 aromatic carbocycles. The normalized spacial score (nSPS) is 10.3. The maximum atomic E-state index is 11.1. The van der Waals surface area contributed by atoms with Crippen molar-refractivity contribution in [2.75, 3.05) is 26.8 Å². The number of hydrogen-bond donors (Lipinski definition) is 2. The van der Waals surface area contributed by atoms with Gasteiger partial charge in [0.1, 0.15) is 0 Å². The minimum absolute atomic E-state index is 0.0900. The third-order valence-corrected chi connectivity index (χ3v) is 1.60. The van der Waals surface area contributed by atoms with Gasteiger partial charge in [0, 0.05) is 26.6 Å². The zero-order valence-electron chi connectivity index (χ0n) is 9.21. The summed E-state index contributed by atoms with van der Waals surface area (Å²) >= 11 is 0. The highest BCUT2D eigenvalue weighted by Gasteiger charge is 2.00. The molecule has 0 aliphatic rings. The maximum absolute atomic E-state index is 11.1. The van der Waals surface area contributed by atoms with Crippen molar-refractivity contribution in [3.8, 4) is 0 Å². The van der Waals surface area contributed by atoms with Gasteiger partial charge in [-0.25, -0.2) is 0 Å². The summed E-state index contributed by atoms with van der Waals surface area (Å²) in [6.45, 7) is 3.10. The molecule has 2 amide bonds. The minimum Gasteiger partial charge on any atom is -0.383 e. The number of amides is 2. The highest BCUT2D eigenvalue weighted by Crippen LogP contribution is 1.79. The topological polar surface area (TPSA) is 67.4 Å². The molecule has 0 heterocycles. The molecule has 0 aliphatic heterocycles. The van der Waals surface area contributed by atoms with Crippen LogP contribution in [0.5, 0.6) is 0 Å². The van der Waals surface area contributed by atoms with Crippen molar-refractivity contribution in [1.29, 1.82) is 0 Å². The minimum atomic E-state index is -0.179. The van der Waals surface area contributed by atoms with Crippen LogP contribution in [-0.4, -0.2) is 38.6 Å². The molecule has 15 heavy (non-hydrogen) atoms. The van der Waals surface area contributed by atoms with Crippen molar-refractivity contribution in [2.45, 2.75) is 13.3 Å². The Morgan fingerprint density at radius 1 is 1.27 bits per heavy atom. The van der Waals surface area contributed by atoms with Gasteiger partial charge in [-0.3, -0.25) is 9.59 Å². The molecule has 0 atom stereocenters. The first-order chi connectivity index (χ1) is 7.20. The Morgan fingerprint density at radius 3 is 2.60 bits per heavy atom. The van der Waals surface area contributed by atoms with E-state index >= 15 is 0 Å². The number of allylic oxidation sites excluding steroid dienone is 1. The quantitative estimate of drug-likeness (QED) is 0.457. The molecule has 0 rings (SSSR count). The van der Waals surface area contributed by atoms with Crippen LogP contribution in [0, 0.1) is 0 Å². The summed E-state index contributed by atoms with van der Waals surface area (Å²) in [5.41, 5.74) is 0. The Hall–Kier alpha value is -1.36. The first kappa shape index (κ1) is 13.6. The van der Waals surface area contributed by atoms with E-state index in [-0.39, 0.29) is 18.2 Å². The molecule has 0 aromatic heterocycles. The fraction of sp³-hybridized carbons (Fsp3) is 0.600. The van der Waals surface area contributed by atoms with Gasteiger partial charge in [0.25, 0.3) is 0 Å². The van der Waals surface area contributed by atoms with Gasteiger partial charge in [0.2, 0.25) is 11.8 Å². The molecule has 0 fully saturated rings. The number of hydrogen-bond acceptors (Lipinski definition) is 3. The van der Waals surface area contributed by atoms with Gasteiger partial charge >= 0.3 is 0 Å². The zero-order valence-corrected chi connectivity index (χ0v) is 9.21. The molecule has 0 spiro atoms. The maximum Gasteiger partial charge on any atom is 0.243 e. The van der Waals surface area contributed by atoms with E-state index in [1.165, 1.54) is 6.08 Å². The van der Waals surface area contributed by atoms with E-state index in [9.17, 15) is 9.59 Å². The fourth-order valence-corrected chi connectivity index (χ4v) is 0.890. The summed E-state index contributed by atoms with van der Waals surface area (Å²) in [4.78, 5) is 22.1. The Kier molecular flexibility index (Phi) is 8.37. The lowest BCUT2D eigenvalue weighted by Crippen LogP contribution is -2.31. The van der Waals surface area contributed by atoms with Crippen LogP contribution in [0.3, 0.4) is 0 Å². The number of carbonyl (C=O) groups is 2. The first-order valence-corrected chi connectivity index (χ1v) is 4.87. The molecule has 86 valence electrons. The second kappa shape index (κ2) is 9.21. The van der Waals surface area contributed by atoms with Crippen molar-refractivity contribution < 1.29 is 14.3 Å². The van der Waals surface area contributed by atoms with Crippen molar-refractivity contribution >= 4 is 11.8 Å². The van der Waals surface area contributed by atoms with E-state index < -0.39 is 0 Å². The summed E-state index contributed by atoms with van der Waals surface area (Å²) in [6.07, 6.45) is 3.35. The predicted molar refractivity (Wildman–Crippen MR) is 57.3 cm³/mol. The van der Waals surface area contributed by atoms with Crippen molar-refractivity contribution in [2.24, 2.45) is 0 Å². The second-order valence-electron chi connectivity index (χ2n) is 2.88. The van der Waals surface area contributed by atoms with Gasteiger partial charge in [-0.05, 0) is 13.0 Å². The summed E-state index contributed by atoms with van der Waals surface area (Å²) in [7, 11) is 1.57. The van der Waals surface area contributed by atoms with Gasteiger partial charge in [0.15, 0.2) is 0 Å². The van der Waals surface area contributed by atoms with Gasteiger partial charge in [-0.1, -0.05) is 6.08 Å². The first-order valence-electron chi connectivity index (χ1n) is 4.87. The fourth-order valence-electron chi connectivity index (χ4n) is 0.890. The number of carbonyl (C=O) groups excluding carboxylic acids is 2. The Bertz CT molecular complexity index is 227. The standard InChI is InChI=1S/C10H18N2O3/c1-3-4-9(13)11-6-5-10(14)12-7-8-15-2/h3-4H,5-8H2,1-2H3,(H,11,13)(H,12,14)/b4-3+. The number of nitrogens with one attached hydrogen (secondary N) is 2. The monoisotopic (exact) mass is 214 g/mol. The molecule has 0 unspecified atom stereocenters. The van der Waals surface area contributed by atoms with Crippen LogP contribution in [-0.2, 0) is 14.3 Å². The molecule has 0 saturated heterocycles. The van der Waals surface area contributed by atoms with Gasteiger partial charge in [-0.15, -0.1) is 0 Å². The van der Waals surface area contributed by atoms with E-state index in [1.54, 1.807) is 20.1 Å².